The second-order valence-electron chi connectivity index (χ2n) is 7.25. The van der Waals surface area contributed by atoms with E-state index in [1.165, 1.54) is 36.4 Å². The van der Waals surface area contributed by atoms with Gasteiger partial charge in [-0.1, -0.05) is 6.92 Å². The normalized spacial score (nSPS) is 10.8. The summed E-state index contributed by atoms with van der Waals surface area (Å²) in [4.78, 5) is 51.6. The van der Waals surface area contributed by atoms with Gasteiger partial charge in [-0.05, 0) is 49.7 Å². The summed E-state index contributed by atoms with van der Waals surface area (Å²) in [5, 5.41) is 4.98. The average Bonchev–Trinajstić information content (AvgIpc) is 2.88. The molecule has 0 aliphatic carbocycles. The second-order valence-corrected chi connectivity index (χ2v) is 8.93. The largest absolute Gasteiger partial charge is 0.464 e. The molecule has 0 atom stereocenters. The number of benzene rings is 1. The fourth-order valence-corrected chi connectivity index (χ4v) is 3.66. The van der Waals surface area contributed by atoms with E-state index < -0.39 is 33.7 Å². The molecule has 0 radical (unpaired) electrons. The van der Waals surface area contributed by atoms with E-state index in [-0.39, 0.29) is 34.9 Å². The molecule has 3 N–H and O–H groups in total. The van der Waals surface area contributed by atoms with Gasteiger partial charge in [-0.25, -0.2) is 13.1 Å². The molecule has 194 valence electrons. The minimum atomic E-state index is -4.24. The molecule has 1 aromatic carbocycles. The number of carbonyl (C=O) groups is 4. The maximum absolute atomic E-state index is 12.6. The van der Waals surface area contributed by atoms with Crippen molar-refractivity contribution in [1.82, 2.24) is 20.3 Å². The molecule has 0 aliphatic rings. The number of ether oxygens (including phenoxy) is 2. The van der Waals surface area contributed by atoms with Crippen LogP contribution >= 0.6 is 0 Å². The minimum Gasteiger partial charge on any atom is -0.464 e. The third kappa shape index (κ3) is 8.74. The van der Waals surface area contributed by atoms with E-state index in [0.29, 0.717) is 26.2 Å². The Morgan fingerprint density at radius 2 is 1.56 bits per heavy atom. The minimum absolute atomic E-state index is 0.0761. The first kappa shape index (κ1) is 28.4. The molecule has 0 aliphatic heterocycles. The van der Waals surface area contributed by atoms with Crippen LogP contribution in [0.2, 0.25) is 0 Å². The van der Waals surface area contributed by atoms with Crippen LogP contribution < -0.4 is 15.4 Å². The number of nitrogens with one attached hydrogen (secondary N) is 3. The lowest BCUT2D eigenvalue weighted by molar-refractivity contribution is -0.142. The summed E-state index contributed by atoms with van der Waals surface area (Å²) in [6, 6.07) is 7.48. The molecular formula is C23H28N4O8S. The Morgan fingerprint density at radius 1 is 0.861 bits per heavy atom. The number of aromatic nitrogens is 1. The summed E-state index contributed by atoms with van der Waals surface area (Å²) in [7, 11) is -4.24. The number of sulfonamides is 1. The van der Waals surface area contributed by atoms with Gasteiger partial charge in [-0.2, -0.15) is 0 Å². The van der Waals surface area contributed by atoms with Crippen molar-refractivity contribution in [3.63, 3.8) is 0 Å². The smallest absolute Gasteiger partial charge is 0.325 e. The number of hydrogen-bond acceptors (Lipinski definition) is 9. The van der Waals surface area contributed by atoms with Gasteiger partial charge in [0.1, 0.15) is 12.2 Å². The number of carbonyl (C=O) groups excluding carboxylic acids is 4. The van der Waals surface area contributed by atoms with Crippen LogP contribution in [0, 0.1) is 0 Å². The first-order valence-corrected chi connectivity index (χ1v) is 12.6. The van der Waals surface area contributed by atoms with Crippen molar-refractivity contribution in [2.45, 2.75) is 25.2 Å². The highest BCUT2D eigenvalue weighted by Gasteiger charge is 2.20. The molecule has 0 saturated heterocycles. The van der Waals surface area contributed by atoms with Crippen LogP contribution in [-0.4, -0.2) is 70.0 Å². The lowest BCUT2D eigenvalue weighted by Crippen LogP contribution is -2.32. The van der Waals surface area contributed by atoms with Gasteiger partial charge in [-0.15, -0.1) is 0 Å². The maximum atomic E-state index is 12.6. The van der Waals surface area contributed by atoms with Gasteiger partial charge < -0.3 is 20.1 Å². The lowest BCUT2D eigenvalue weighted by Gasteiger charge is -2.09. The first-order valence-electron chi connectivity index (χ1n) is 11.1. The fourth-order valence-electron chi connectivity index (χ4n) is 2.68. The van der Waals surface area contributed by atoms with Crippen LogP contribution in [-0.2, 0) is 24.3 Å². The van der Waals surface area contributed by atoms with E-state index >= 15 is 0 Å². The molecule has 0 bridgehead atoms. The zero-order valence-corrected chi connectivity index (χ0v) is 20.7. The monoisotopic (exact) mass is 520 g/mol. The number of pyridine rings is 1. The third-order valence-electron chi connectivity index (χ3n) is 4.51. The molecular weight excluding hydrogens is 492 g/mol. The molecule has 0 saturated carbocycles. The SMILES string of the molecule is CCCOC(=O)CNC(=O)c1ccc(C(=O)NS(=O)(=O)c2ccc(C(=O)NCCOCC)cc2)cn1. The first-order chi connectivity index (χ1) is 17.2. The van der Waals surface area contributed by atoms with E-state index in [2.05, 4.69) is 15.6 Å². The Hall–Kier alpha value is -3.84. The number of esters is 1. The van der Waals surface area contributed by atoms with Crippen LogP contribution in [0.3, 0.4) is 0 Å². The molecule has 1 aromatic heterocycles. The Kier molecular flexibility index (Phi) is 11.0. The summed E-state index contributed by atoms with van der Waals surface area (Å²) in [5.74, 6) is -2.61. The topological polar surface area (TPSA) is 170 Å². The summed E-state index contributed by atoms with van der Waals surface area (Å²) >= 11 is 0. The van der Waals surface area contributed by atoms with E-state index in [9.17, 15) is 27.6 Å². The molecule has 0 fully saturated rings. The van der Waals surface area contributed by atoms with Gasteiger partial charge in [0.15, 0.2) is 0 Å². The van der Waals surface area contributed by atoms with E-state index in [4.69, 9.17) is 9.47 Å². The standard InChI is InChI=1S/C23H28N4O8S/c1-3-12-35-20(28)15-26-23(31)19-10-7-17(14-25-19)22(30)27-36(32,33)18-8-5-16(6-9-18)21(29)24-11-13-34-4-2/h5-10,14H,3-4,11-13,15H2,1-2H3,(H,24,29)(H,26,31)(H,27,30). The molecule has 3 amide bonds. The van der Waals surface area contributed by atoms with E-state index in [0.717, 1.165) is 6.20 Å². The fraction of sp³-hybridized carbons (Fsp3) is 0.348. The number of nitrogens with zero attached hydrogens (tertiary/aromatic N) is 1. The van der Waals surface area contributed by atoms with Crippen LogP contribution in [0.4, 0.5) is 0 Å². The maximum Gasteiger partial charge on any atom is 0.325 e. The zero-order valence-electron chi connectivity index (χ0n) is 19.9. The van der Waals surface area contributed by atoms with Crippen LogP contribution in [0.15, 0.2) is 47.5 Å². The molecule has 2 rings (SSSR count). The summed E-state index contributed by atoms with van der Waals surface area (Å²) in [6.07, 6.45) is 1.68. The Labute approximate surface area is 208 Å². The lowest BCUT2D eigenvalue weighted by atomic mass is 10.2. The summed E-state index contributed by atoms with van der Waals surface area (Å²) < 4.78 is 37.0. The van der Waals surface area contributed by atoms with Gasteiger partial charge in [0.05, 0.1) is 23.7 Å². The Bertz CT molecular complexity index is 1170. The molecule has 0 unspecified atom stereocenters. The van der Waals surface area contributed by atoms with Gasteiger partial charge in [0.25, 0.3) is 27.7 Å². The molecule has 13 heteroatoms. The van der Waals surface area contributed by atoms with Crippen molar-refractivity contribution in [1.29, 1.82) is 0 Å². The second kappa shape index (κ2) is 13.9. The summed E-state index contributed by atoms with van der Waals surface area (Å²) in [6.45, 7) is 4.77. The molecule has 0 spiro atoms. The Balaban J connectivity index is 1.95. The van der Waals surface area contributed by atoms with Crippen molar-refractivity contribution in [3.05, 3.63) is 59.4 Å². The van der Waals surface area contributed by atoms with Crippen LogP contribution in [0.25, 0.3) is 0 Å². The predicted octanol–water partition coefficient (Wildman–Crippen LogP) is 0.650. The van der Waals surface area contributed by atoms with Crippen molar-refractivity contribution >= 4 is 33.7 Å². The highest BCUT2D eigenvalue weighted by atomic mass is 32.2. The third-order valence-corrected chi connectivity index (χ3v) is 5.86. The van der Waals surface area contributed by atoms with Crippen LogP contribution in [0.1, 0.15) is 51.5 Å². The van der Waals surface area contributed by atoms with Gasteiger partial charge in [0.2, 0.25) is 0 Å². The van der Waals surface area contributed by atoms with Gasteiger partial charge in [-0.3, -0.25) is 24.2 Å². The van der Waals surface area contributed by atoms with Crippen LogP contribution in [0.5, 0.6) is 0 Å². The zero-order chi connectivity index (χ0) is 26.6. The molecule has 12 nitrogen and oxygen atoms in total. The number of rotatable bonds is 13. The predicted molar refractivity (Wildman–Crippen MR) is 128 cm³/mol. The highest BCUT2D eigenvalue weighted by Crippen LogP contribution is 2.12. The quantitative estimate of drug-likeness (QED) is 0.253. The van der Waals surface area contributed by atoms with Gasteiger partial charge >= 0.3 is 5.97 Å². The number of amides is 3. The van der Waals surface area contributed by atoms with E-state index in [1.807, 2.05) is 18.6 Å². The molecule has 1 heterocycles. The highest BCUT2D eigenvalue weighted by molar-refractivity contribution is 7.90. The molecule has 2 aromatic rings. The van der Waals surface area contributed by atoms with E-state index in [1.54, 1.807) is 0 Å². The average molecular weight is 521 g/mol. The van der Waals surface area contributed by atoms with Gasteiger partial charge in [0, 0.05) is 24.9 Å². The van der Waals surface area contributed by atoms with Crippen molar-refractivity contribution < 1.29 is 37.1 Å². The van der Waals surface area contributed by atoms with Crippen molar-refractivity contribution in [3.8, 4) is 0 Å². The number of hydrogen-bond donors (Lipinski definition) is 3. The summed E-state index contributed by atoms with van der Waals surface area (Å²) in [5.41, 5.74) is 0.0593. The molecule has 36 heavy (non-hydrogen) atoms. The van der Waals surface area contributed by atoms with Crippen molar-refractivity contribution in [2.24, 2.45) is 0 Å². The van der Waals surface area contributed by atoms with Crippen molar-refractivity contribution in [2.75, 3.05) is 32.9 Å². The Morgan fingerprint density at radius 3 is 2.17 bits per heavy atom.